The van der Waals surface area contributed by atoms with E-state index in [9.17, 15) is 0 Å². The first kappa shape index (κ1) is 33.5. The van der Waals surface area contributed by atoms with Crippen LogP contribution in [0.4, 0.5) is 0 Å². The first-order valence-corrected chi connectivity index (χ1v) is 9.82. The maximum Gasteiger partial charge on any atom is 0.0430 e. The van der Waals surface area contributed by atoms with Crippen LogP contribution in [0.15, 0.2) is 0 Å². The van der Waals surface area contributed by atoms with Gasteiger partial charge in [0.25, 0.3) is 0 Å². The summed E-state index contributed by atoms with van der Waals surface area (Å²) in [5.74, 6) is 0. The van der Waals surface area contributed by atoms with Gasteiger partial charge in [0.05, 0.1) is 0 Å². The predicted molar refractivity (Wildman–Crippen MR) is 112 cm³/mol. The van der Waals surface area contributed by atoms with Crippen molar-refractivity contribution in [2.24, 2.45) is 0 Å². The minimum atomic E-state index is 0. The summed E-state index contributed by atoms with van der Waals surface area (Å²) in [5.41, 5.74) is 7.34. The molecule has 0 heterocycles. The second-order valence-electron chi connectivity index (χ2n) is 6.36. The molecule has 0 saturated heterocycles. The summed E-state index contributed by atoms with van der Waals surface area (Å²) in [6.07, 6.45) is 6.11. The van der Waals surface area contributed by atoms with Crippen molar-refractivity contribution in [2.45, 2.75) is 93.9 Å². The van der Waals surface area contributed by atoms with E-state index in [1.807, 2.05) is 0 Å². The van der Waals surface area contributed by atoms with Crippen molar-refractivity contribution in [3.63, 3.8) is 0 Å². The van der Waals surface area contributed by atoms with Crippen LogP contribution < -0.4 is 0 Å². The van der Waals surface area contributed by atoms with Crippen LogP contribution in [0, 0.1) is 34.6 Å². The molecule has 0 aromatic heterocycles. The Bertz CT molecular complexity index is 287. The summed E-state index contributed by atoms with van der Waals surface area (Å²) < 4.78 is 0. The molecule has 0 aliphatic carbocycles. The molecule has 0 aliphatic heterocycles. The summed E-state index contributed by atoms with van der Waals surface area (Å²) in [6, 6.07) is 0. The van der Waals surface area contributed by atoms with E-state index < -0.39 is 0 Å². The van der Waals surface area contributed by atoms with E-state index in [2.05, 4.69) is 55.4 Å². The third-order valence-electron chi connectivity index (χ3n) is 4.35. The molecule has 1 aromatic carbocycles. The standard InChI is InChI=1S/C10H15.3C4H10O.Ti/c1-6-7(2)9(4)10(5)8(6)3;3*1-2-3-4-5;/h1-5H3;3*5H,2-4H2,1H3;/q-1;;;;. The van der Waals surface area contributed by atoms with Crippen LogP contribution in [-0.4, -0.2) is 35.1 Å². The van der Waals surface area contributed by atoms with Crippen LogP contribution in [0.2, 0.25) is 0 Å². The average molecular weight is 405 g/mol. The summed E-state index contributed by atoms with van der Waals surface area (Å²) in [4.78, 5) is 0. The van der Waals surface area contributed by atoms with Gasteiger partial charge in [0.1, 0.15) is 0 Å². The third-order valence-corrected chi connectivity index (χ3v) is 4.35. The molecule has 0 bridgehead atoms. The molecule has 3 N–H and O–H groups in total. The molecule has 156 valence electrons. The summed E-state index contributed by atoms with van der Waals surface area (Å²) >= 11 is 0. The zero-order valence-electron chi connectivity index (χ0n) is 18.7. The number of aliphatic hydroxyl groups is 3. The van der Waals surface area contributed by atoms with E-state index in [1.54, 1.807) is 0 Å². The fourth-order valence-corrected chi connectivity index (χ4v) is 1.88. The van der Waals surface area contributed by atoms with Crippen molar-refractivity contribution in [1.29, 1.82) is 0 Å². The fourth-order valence-electron chi connectivity index (χ4n) is 1.88. The van der Waals surface area contributed by atoms with Crippen molar-refractivity contribution >= 4 is 0 Å². The molecule has 0 fully saturated rings. The number of hydrogen-bond acceptors (Lipinski definition) is 3. The van der Waals surface area contributed by atoms with E-state index in [0.29, 0.717) is 19.8 Å². The number of rotatable bonds is 6. The minimum absolute atomic E-state index is 0. The molecule has 3 nitrogen and oxygen atoms in total. The fraction of sp³-hybridized carbons (Fsp3) is 0.773. The van der Waals surface area contributed by atoms with Gasteiger partial charge in [0, 0.05) is 41.5 Å². The number of aliphatic hydroxyl groups excluding tert-OH is 3. The normalized spacial score (nSPS) is 8.88. The molecule has 0 amide bonds. The molecule has 0 atom stereocenters. The Balaban J connectivity index is -0.000000132. The molecule has 0 saturated carbocycles. The van der Waals surface area contributed by atoms with Gasteiger partial charge in [-0.25, -0.2) is 0 Å². The van der Waals surface area contributed by atoms with Crippen LogP contribution in [0.5, 0.6) is 0 Å². The topological polar surface area (TPSA) is 60.7 Å². The Morgan fingerprint density at radius 2 is 0.846 bits per heavy atom. The summed E-state index contributed by atoms with van der Waals surface area (Å²) in [5, 5.41) is 24.2. The second kappa shape index (κ2) is 24.9. The minimum Gasteiger partial charge on any atom is -0.396 e. The van der Waals surface area contributed by atoms with Gasteiger partial charge in [-0.05, 0) is 19.3 Å². The maximum absolute atomic E-state index is 8.07. The second-order valence-corrected chi connectivity index (χ2v) is 6.36. The Hall–Kier alpha value is -0.0557. The van der Waals surface area contributed by atoms with Crippen LogP contribution in [-0.2, 0) is 21.7 Å². The molecule has 4 heteroatoms. The van der Waals surface area contributed by atoms with Gasteiger partial charge in [-0.3, -0.25) is 0 Å². The molecular weight excluding hydrogens is 360 g/mol. The SMILES string of the molecule is CCCCO.CCCCO.CCCCO.Cc1c(C)c(C)[c-](C)c1C.[Ti]. The first-order chi connectivity index (χ1) is 11.8. The number of unbranched alkanes of at least 4 members (excludes halogenated alkanes) is 3. The van der Waals surface area contributed by atoms with Crippen molar-refractivity contribution in [1.82, 2.24) is 0 Å². The molecule has 1 rings (SSSR count). The smallest absolute Gasteiger partial charge is 0.0430 e. The van der Waals surface area contributed by atoms with Crippen LogP contribution in [0.3, 0.4) is 0 Å². The monoisotopic (exact) mass is 405 g/mol. The van der Waals surface area contributed by atoms with Crippen LogP contribution in [0.1, 0.15) is 87.1 Å². The Labute approximate surface area is 178 Å². The van der Waals surface area contributed by atoms with E-state index in [0.717, 1.165) is 38.5 Å². The van der Waals surface area contributed by atoms with Gasteiger partial charge in [0.2, 0.25) is 0 Å². The first-order valence-electron chi connectivity index (χ1n) is 9.82. The summed E-state index contributed by atoms with van der Waals surface area (Å²) in [6.45, 7) is 18.2. The number of hydrogen-bond donors (Lipinski definition) is 3. The van der Waals surface area contributed by atoms with Crippen molar-refractivity contribution in [3.8, 4) is 0 Å². The van der Waals surface area contributed by atoms with Crippen LogP contribution in [0.25, 0.3) is 0 Å². The van der Waals surface area contributed by atoms with Gasteiger partial charge in [-0.1, -0.05) is 74.7 Å². The Morgan fingerprint density at radius 1 is 0.615 bits per heavy atom. The van der Waals surface area contributed by atoms with Crippen molar-refractivity contribution in [2.75, 3.05) is 19.8 Å². The van der Waals surface area contributed by atoms with Crippen LogP contribution >= 0.6 is 0 Å². The maximum atomic E-state index is 8.07. The Kier molecular flexibility index (Phi) is 32.2. The largest absolute Gasteiger partial charge is 0.396 e. The molecule has 0 unspecified atom stereocenters. The van der Waals surface area contributed by atoms with Gasteiger partial charge in [0.15, 0.2) is 0 Å². The van der Waals surface area contributed by atoms with Gasteiger partial charge in [-0.15, -0.1) is 0 Å². The zero-order chi connectivity index (χ0) is 20.3. The average Bonchev–Trinajstić information content (AvgIpc) is 2.77. The molecule has 26 heavy (non-hydrogen) atoms. The Morgan fingerprint density at radius 3 is 0.885 bits per heavy atom. The van der Waals surface area contributed by atoms with Crippen molar-refractivity contribution < 1.29 is 37.0 Å². The van der Waals surface area contributed by atoms with Crippen molar-refractivity contribution in [3.05, 3.63) is 27.8 Å². The molecular formula is C22H45O3Ti-. The van der Waals surface area contributed by atoms with Gasteiger partial charge >= 0.3 is 0 Å². The molecule has 1 aromatic rings. The quantitative estimate of drug-likeness (QED) is 0.446. The van der Waals surface area contributed by atoms with Gasteiger partial charge in [-0.2, -0.15) is 27.8 Å². The third kappa shape index (κ3) is 18.7. The molecule has 0 aliphatic rings. The predicted octanol–water partition coefficient (Wildman–Crippen LogP) is 5.28. The van der Waals surface area contributed by atoms with E-state index in [-0.39, 0.29) is 21.7 Å². The zero-order valence-corrected chi connectivity index (χ0v) is 20.3. The van der Waals surface area contributed by atoms with E-state index >= 15 is 0 Å². The molecule has 0 radical (unpaired) electrons. The van der Waals surface area contributed by atoms with E-state index in [1.165, 1.54) is 27.8 Å². The summed E-state index contributed by atoms with van der Waals surface area (Å²) in [7, 11) is 0. The van der Waals surface area contributed by atoms with Gasteiger partial charge < -0.3 is 15.3 Å². The molecule has 0 spiro atoms. The van der Waals surface area contributed by atoms with E-state index in [4.69, 9.17) is 15.3 Å².